The summed E-state index contributed by atoms with van der Waals surface area (Å²) in [4.78, 5) is 16.9. The second-order valence-corrected chi connectivity index (χ2v) is 6.86. The van der Waals surface area contributed by atoms with Crippen LogP contribution >= 0.6 is 0 Å². The van der Waals surface area contributed by atoms with Gasteiger partial charge in [0.05, 0.1) is 0 Å². The molecule has 0 aromatic heterocycles. The Labute approximate surface area is 150 Å². The van der Waals surface area contributed by atoms with E-state index < -0.39 is 0 Å². The molecule has 4 nitrogen and oxygen atoms in total. The van der Waals surface area contributed by atoms with Crippen LogP contribution in [-0.4, -0.2) is 42.0 Å². The van der Waals surface area contributed by atoms with Gasteiger partial charge in [-0.3, -0.25) is 4.90 Å². The fourth-order valence-electron chi connectivity index (χ4n) is 3.32. The summed E-state index contributed by atoms with van der Waals surface area (Å²) in [6, 6.07) is 17.1. The van der Waals surface area contributed by atoms with Crippen molar-refractivity contribution < 1.29 is 4.79 Å². The molecule has 1 heterocycles. The Bertz CT molecular complexity index is 721. The Hall–Kier alpha value is -2.33. The van der Waals surface area contributed by atoms with Gasteiger partial charge in [0.15, 0.2) is 0 Å². The van der Waals surface area contributed by atoms with Gasteiger partial charge in [-0.2, -0.15) is 0 Å². The summed E-state index contributed by atoms with van der Waals surface area (Å²) < 4.78 is 0. The Morgan fingerprint density at radius 3 is 2.36 bits per heavy atom. The Balaban J connectivity index is 1.56. The number of aryl methyl sites for hydroxylation is 2. The average Bonchev–Trinajstić information content (AvgIpc) is 2.65. The highest BCUT2D eigenvalue weighted by Crippen LogP contribution is 2.22. The molecule has 0 radical (unpaired) electrons. The summed E-state index contributed by atoms with van der Waals surface area (Å²) in [6.45, 7) is 9.61. The van der Waals surface area contributed by atoms with Gasteiger partial charge in [0.2, 0.25) is 0 Å². The maximum atomic E-state index is 12.6. The van der Waals surface area contributed by atoms with E-state index in [1.165, 1.54) is 5.56 Å². The standard InChI is InChI=1S/C21H27N3O/c1-16-9-10-17(2)20(15-16)22-21(25)24-13-11-23(12-14-24)18(3)19-7-5-4-6-8-19/h4-10,15,18H,11-14H2,1-3H3,(H,22,25). The van der Waals surface area contributed by atoms with Crippen molar-refractivity contribution in [2.24, 2.45) is 0 Å². The number of urea groups is 1. The molecule has 0 spiro atoms. The lowest BCUT2D eigenvalue weighted by Gasteiger charge is -2.38. The zero-order valence-corrected chi connectivity index (χ0v) is 15.3. The lowest BCUT2D eigenvalue weighted by molar-refractivity contribution is 0.119. The molecule has 2 amide bonds. The fraction of sp³-hybridized carbons (Fsp3) is 0.381. The Morgan fingerprint density at radius 2 is 1.68 bits per heavy atom. The topological polar surface area (TPSA) is 35.6 Å². The maximum Gasteiger partial charge on any atom is 0.321 e. The Kier molecular flexibility index (Phi) is 5.39. The van der Waals surface area contributed by atoms with Crippen molar-refractivity contribution in [1.82, 2.24) is 9.80 Å². The molecular formula is C21H27N3O. The average molecular weight is 337 g/mol. The number of hydrogen-bond donors (Lipinski definition) is 1. The molecule has 4 heteroatoms. The van der Waals surface area contributed by atoms with E-state index in [4.69, 9.17) is 0 Å². The van der Waals surface area contributed by atoms with Crippen LogP contribution in [0.1, 0.15) is 29.7 Å². The highest BCUT2D eigenvalue weighted by molar-refractivity contribution is 5.90. The van der Waals surface area contributed by atoms with E-state index in [1.54, 1.807) is 0 Å². The molecule has 1 aliphatic rings. The van der Waals surface area contributed by atoms with E-state index in [0.717, 1.165) is 43.0 Å². The number of piperazine rings is 1. The molecule has 1 atom stereocenters. The number of nitrogens with zero attached hydrogens (tertiary/aromatic N) is 2. The van der Waals surface area contributed by atoms with Gasteiger partial charge in [-0.25, -0.2) is 4.79 Å². The van der Waals surface area contributed by atoms with E-state index in [1.807, 2.05) is 36.9 Å². The van der Waals surface area contributed by atoms with Crippen LogP contribution in [0.15, 0.2) is 48.5 Å². The van der Waals surface area contributed by atoms with E-state index >= 15 is 0 Å². The molecule has 1 unspecified atom stereocenters. The van der Waals surface area contributed by atoms with Gasteiger partial charge in [-0.05, 0) is 43.5 Å². The third-order valence-corrected chi connectivity index (χ3v) is 5.07. The van der Waals surface area contributed by atoms with Gasteiger partial charge < -0.3 is 10.2 Å². The van der Waals surface area contributed by atoms with Crippen molar-refractivity contribution in [1.29, 1.82) is 0 Å². The number of hydrogen-bond acceptors (Lipinski definition) is 2. The Morgan fingerprint density at radius 1 is 1.00 bits per heavy atom. The summed E-state index contributed by atoms with van der Waals surface area (Å²) in [5.74, 6) is 0. The molecule has 0 saturated carbocycles. The quantitative estimate of drug-likeness (QED) is 0.910. The van der Waals surface area contributed by atoms with Crippen molar-refractivity contribution in [2.75, 3.05) is 31.5 Å². The van der Waals surface area contributed by atoms with Crippen LogP contribution in [0.4, 0.5) is 10.5 Å². The lowest BCUT2D eigenvalue weighted by atomic mass is 10.1. The first-order chi connectivity index (χ1) is 12.0. The second kappa shape index (κ2) is 7.70. The molecular weight excluding hydrogens is 310 g/mol. The third-order valence-electron chi connectivity index (χ3n) is 5.07. The number of benzene rings is 2. The van der Waals surface area contributed by atoms with Crippen LogP contribution in [0.25, 0.3) is 0 Å². The fourth-order valence-corrected chi connectivity index (χ4v) is 3.32. The first-order valence-corrected chi connectivity index (χ1v) is 8.97. The van der Waals surface area contributed by atoms with E-state index in [-0.39, 0.29) is 6.03 Å². The zero-order valence-electron chi connectivity index (χ0n) is 15.3. The zero-order chi connectivity index (χ0) is 17.8. The number of anilines is 1. The first kappa shape index (κ1) is 17.5. The van der Waals surface area contributed by atoms with Crippen molar-refractivity contribution in [3.63, 3.8) is 0 Å². The van der Waals surface area contributed by atoms with Crippen LogP contribution in [0.5, 0.6) is 0 Å². The highest BCUT2D eigenvalue weighted by atomic mass is 16.2. The smallest absolute Gasteiger partial charge is 0.321 e. The monoisotopic (exact) mass is 337 g/mol. The molecule has 0 bridgehead atoms. The predicted molar refractivity (Wildman–Crippen MR) is 103 cm³/mol. The lowest BCUT2D eigenvalue weighted by Crippen LogP contribution is -2.50. The molecule has 2 aromatic carbocycles. The molecule has 2 aromatic rings. The van der Waals surface area contributed by atoms with Gasteiger partial charge in [-0.15, -0.1) is 0 Å². The van der Waals surface area contributed by atoms with Gasteiger partial charge in [0.25, 0.3) is 0 Å². The van der Waals surface area contributed by atoms with Crippen LogP contribution in [0, 0.1) is 13.8 Å². The van der Waals surface area contributed by atoms with Gasteiger partial charge >= 0.3 is 6.03 Å². The molecule has 1 fully saturated rings. The van der Waals surface area contributed by atoms with Crippen molar-refractivity contribution in [2.45, 2.75) is 26.8 Å². The first-order valence-electron chi connectivity index (χ1n) is 8.97. The minimum Gasteiger partial charge on any atom is -0.322 e. The van der Waals surface area contributed by atoms with Crippen molar-refractivity contribution >= 4 is 11.7 Å². The molecule has 1 N–H and O–H groups in total. The minimum atomic E-state index is 0.000661. The number of amides is 2. The summed E-state index contributed by atoms with van der Waals surface area (Å²) in [6.07, 6.45) is 0. The predicted octanol–water partition coefficient (Wildman–Crippen LogP) is 4.21. The van der Waals surface area contributed by atoms with E-state index in [0.29, 0.717) is 6.04 Å². The van der Waals surface area contributed by atoms with Crippen LogP contribution < -0.4 is 5.32 Å². The number of carbonyl (C=O) groups is 1. The van der Waals surface area contributed by atoms with Crippen LogP contribution in [0.2, 0.25) is 0 Å². The normalized spacial score (nSPS) is 16.5. The van der Waals surface area contributed by atoms with Gasteiger partial charge in [0.1, 0.15) is 0 Å². The molecule has 0 aliphatic carbocycles. The molecule has 3 rings (SSSR count). The second-order valence-electron chi connectivity index (χ2n) is 6.86. The number of nitrogens with one attached hydrogen (secondary N) is 1. The van der Waals surface area contributed by atoms with E-state index in [9.17, 15) is 4.79 Å². The highest BCUT2D eigenvalue weighted by Gasteiger charge is 2.24. The largest absolute Gasteiger partial charge is 0.322 e. The van der Waals surface area contributed by atoms with Crippen molar-refractivity contribution in [3.8, 4) is 0 Å². The maximum absolute atomic E-state index is 12.6. The number of rotatable bonds is 3. The van der Waals surface area contributed by atoms with Crippen LogP contribution in [0.3, 0.4) is 0 Å². The third kappa shape index (κ3) is 4.20. The van der Waals surface area contributed by atoms with E-state index in [2.05, 4.69) is 47.5 Å². The summed E-state index contributed by atoms with van der Waals surface area (Å²) in [7, 11) is 0. The molecule has 132 valence electrons. The van der Waals surface area contributed by atoms with Gasteiger partial charge in [0, 0.05) is 37.9 Å². The van der Waals surface area contributed by atoms with Gasteiger partial charge in [-0.1, -0.05) is 42.5 Å². The summed E-state index contributed by atoms with van der Waals surface area (Å²) in [5.41, 5.74) is 4.48. The SMILES string of the molecule is Cc1ccc(C)c(NC(=O)N2CCN(C(C)c3ccccc3)CC2)c1. The van der Waals surface area contributed by atoms with Crippen molar-refractivity contribution in [3.05, 3.63) is 65.2 Å². The number of carbonyl (C=O) groups excluding carboxylic acids is 1. The molecule has 1 aliphatic heterocycles. The van der Waals surface area contributed by atoms with Crippen LogP contribution in [-0.2, 0) is 0 Å². The summed E-state index contributed by atoms with van der Waals surface area (Å²) >= 11 is 0. The summed E-state index contributed by atoms with van der Waals surface area (Å²) in [5, 5.41) is 3.06. The minimum absolute atomic E-state index is 0.000661. The molecule has 1 saturated heterocycles. The molecule has 25 heavy (non-hydrogen) atoms.